The van der Waals surface area contributed by atoms with E-state index in [0.29, 0.717) is 5.92 Å². The predicted molar refractivity (Wildman–Crippen MR) is 84.4 cm³/mol. The van der Waals surface area contributed by atoms with Crippen LogP contribution in [-0.4, -0.2) is 12.4 Å². The van der Waals surface area contributed by atoms with Crippen LogP contribution in [-0.2, 0) is 0 Å². The van der Waals surface area contributed by atoms with Crippen LogP contribution in [0, 0.1) is 0 Å². The Labute approximate surface area is 124 Å². The lowest BCUT2D eigenvalue weighted by Gasteiger charge is -2.14. The zero-order valence-electron chi connectivity index (χ0n) is 11.6. The van der Waals surface area contributed by atoms with Crippen molar-refractivity contribution in [2.24, 2.45) is 5.73 Å². The number of rotatable bonds is 4. The maximum absolute atomic E-state index is 5.97. The van der Waals surface area contributed by atoms with Crippen molar-refractivity contribution in [1.29, 1.82) is 0 Å². The molecule has 2 nitrogen and oxygen atoms in total. The summed E-state index contributed by atoms with van der Waals surface area (Å²) in [6.45, 7) is 2.72. The minimum absolute atomic E-state index is 0.0429. The van der Waals surface area contributed by atoms with Gasteiger partial charge < -0.3 is 10.5 Å². The van der Waals surface area contributed by atoms with Gasteiger partial charge in [-0.05, 0) is 36.2 Å². The summed E-state index contributed by atoms with van der Waals surface area (Å²) >= 11 is 1.92. The molecule has 2 aromatic rings. The maximum Gasteiger partial charge on any atom is 0.119 e. The Balaban J connectivity index is 1.67. The lowest BCUT2D eigenvalue weighted by Crippen LogP contribution is -2.10. The van der Waals surface area contributed by atoms with Crippen molar-refractivity contribution in [3.05, 3.63) is 59.7 Å². The van der Waals surface area contributed by atoms with E-state index in [1.165, 1.54) is 10.5 Å². The normalized spacial score (nSPS) is 18.6. The van der Waals surface area contributed by atoms with E-state index in [-0.39, 0.29) is 6.04 Å². The van der Waals surface area contributed by atoms with Gasteiger partial charge in [-0.2, -0.15) is 0 Å². The highest BCUT2D eigenvalue weighted by atomic mass is 32.2. The number of thioether (sulfide) groups is 1. The average molecular weight is 285 g/mol. The first-order valence-electron chi connectivity index (χ1n) is 6.94. The lowest BCUT2D eigenvalue weighted by atomic mass is 10.0. The van der Waals surface area contributed by atoms with Crippen LogP contribution in [0.3, 0.4) is 0 Å². The van der Waals surface area contributed by atoms with E-state index in [1.54, 1.807) is 0 Å². The Morgan fingerprint density at radius 1 is 1.25 bits per heavy atom. The molecule has 1 aliphatic heterocycles. The molecule has 0 aliphatic carbocycles. The first-order valence-corrected chi connectivity index (χ1v) is 7.92. The van der Waals surface area contributed by atoms with E-state index in [2.05, 4.69) is 24.3 Å². The van der Waals surface area contributed by atoms with Gasteiger partial charge in [0, 0.05) is 22.6 Å². The van der Waals surface area contributed by atoms with Gasteiger partial charge in [0.05, 0.1) is 6.61 Å². The van der Waals surface area contributed by atoms with E-state index in [0.717, 1.165) is 23.7 Å². The second kappa shape index (κ2) is 5.90. The van der Waals surface area contributed by atoms with Crippen LogP contribution in [0.5, 0.6) is 5.75 Å². The molecule has 2 atom stereocenters. The molecule has 20 heavy (non-hydrogen) atoms. The minimum atomic E-state index is 0.0429. The van der Waals surface area contributed by atoms with Gasteiger partial charge in [0.15, 0.2) is 0 Å². The van der Waals surface area contributed by atoms with E-state index in [1.807, 2.05) is 43.0 Å². The molecule has 0 aromatic heterocycles. The Bertz CT molecular complexity index is 597. The highest BCUT2D eigenvalue weighted by Gasteiger charge is 2.23. The topological polar surface area (TPSA) is 35.2 Å². The summed E-state index contributed by atoms with van der Waals surface area (Å²) in [5.41, 5.74) is 8.44. The number of hydrogen-bond acceptors (Lipinski definition) is 3. The quantitative estimate of drug-likeness (QED) is 0.923. The fourth-order valence-electron chi connectivity index (χ4n) is 2.45. The molecule has 2 aromatic carbocycles. The SMILES string of the molecule is C[C@@H](N)c1cccc(OCC2CSc3ccccc32)c1. The lowest BCUT2D eigenvalue weighted by molar-refractivity contribution is 0.297. The molecule has 1 heterocycles. The van der Waals surface area contributed by atoms with Crippen LogP contribution in [0.4, 0.5) is 0 Å². The summed E-state index contributed by atoms with van der Waals surface area (Å²) in [4.78, 5) is 1.39. The van der Waals surface area contributed by atoms with Crippen molar-refractivity contribution in [2.45, 2.75) is 23.8 Å². The summed E-state index contributed by atoms with van der Waals surface area (Å²) in [5.74, 6) is 2.50. The number of ether oxygens (including phenoxy) is 1. The summed E-state index contributed by atoms with van der Waals surface area (Å²) < 4.78 is 5.97. The van der Waals surface area contributed by atoms with Crippen molar-refractivity contribution in [2.75, 3.05) is 12.4 Å². The molecule has 2 N–H and O–H groups in total. The van der Waals surface area contributed by atoms with E-state index >= 15 is 0 Å². The monoisotopic (exact) mass is 285 g/mol. The fraction of sp³-hybridized carbons (Fsp3) is 0.294. The zero-order valence-corrected chi connectivity index (χ0v) is 12.4. The Hall–Kier alpha value is -1.45. The molecular weight excluding hydrogens is 266 g/mol. The number of fused-ring (bicyclic) bond motifs is 1. The molecule has 0 fully saturated rings. The highest BCUT2D eigenvalue weighted by molar-refractivity contribution is 7.99. The van der Waals surface area contributed by atoms with Crippen molar-refractivity contribution >= 4 is 11.8 Å². The third kappa shape index (κ3) is 2.84. The van der Waals surface area contributed by atoms with Crippen LogP contribution in [0.2, 0.25) is 0 Å². The molecule has 0 radical (unpaired) electrons. The van der Waals surface area contributed by atoms with Gasteiger partial charge in [0.2, 0.25) is 0 Å². The maximum atomic E-state index is 5.97. The standard InChI is InChI=1S/C17H19NOS/c1-12(18)13-5-4-6-15(9-13)19-10-14-11-20-17-8-3-2-7-16(14)17/h2-9,12,14H,10-11,18H2,1H3/t12-,14?/m1/s1. The highest BCUT2D eigenvalue weighted by Crippen LogP contribution is 2.39. The van der Waals surface area contributed by atoms with Crippen LogP contribution >= 0.6 is 11.8 Å². The molecule has 3 rings (SSSR count). The Morgan fingerprint density at radius 2 is 2.10 bits per heavy atom. The summed E-state index contributed by atoms with van der Waals surface area (Å²) in [7, 11) is 0. The van der Waals surface area contributed by atoms with Gasteiger partial charge in [-0.3, -0.25) is 0 Å². The molecule has 0 amide bonds. The first kappa shape index (κ1) is 13.5. The predicted octanol–water partition coefficient (Wildman–Crippen LogP) is 3.97. The van der Waals surface area contributed by atoms with Gasteiger partial charge in [-0.15, -0.1) is 11.8 Å². The Kier molecular flexibility index (Phi) is 3.99. The molecular formula is C17H19NOS. The van der Waals surface area contributed by atoms with Crippen molar-refractivity contribution in [3.8, 4) is 5.75 Å². The Morgan fingerprint density at radius 3 is 2.95 bits per heavy atom. The summed E-state index contributed by atoms with van der Waals surface area (Å²) in [5, 5.41) is 0. The largest absolute Gasteiger partial charge is 0.493 e. The van der Waals surface area contributed by atoms with E-state index in [4.69, 9.17) is 10.5 Å². The van der Waals surface area contributed by atoms with E-state index in [9.17, 15) is 0 Å². The first-order chi connectivity index (χ1) is 9.74. The van der Waals surface area contributed by atoms with Crippen molar-refractivity contribution < 1.29 is 4.74 Å². The van der Waals surface area contributed by atoms with Crippen LogP contribution in [0.25, 0.3) is 0 Å². The minimum Gasteiger partial charge on any atom is -0.493 e. The van der Waals surface area contributed by atoms with Gasteiger partial charge in [-0.1, -0.05) is 30.3 Å². The number of nitrogens with two attached hydrogens (primary N) is 1. The molecule has 0 saturated heterocycles. The number of hydrogen-bond donors (Lipinski definition) is 1. The third-order valence-corrected chi connectivity index (χ3v) is 4.89. The van der Waals surface area contributed by atoms with Gasteiger partial charge in [-0.25, -0.2) is 0 Å². The summed E-state index contributed by atoms with van der Waals surface area (Å²) in [6, 6.07) is 16.7. The smallest absolute Gasteiger partial charge is 0.119 e. The van der Waals surface area contributed by atoms with Gasteiger partial charge in [0.25, 0.3) is 0 Å². The molecule has 0 bridgehead atoms. The van der Waals surface area contributed by atoms with Crippen molar-refractivity contribution in [3.63, 3.8) is 0 Å². The van der Waals surface area contributed by atoms with Crippen molar-refractivity contribution in [1.82, 2.24) is 0 Å². The zero-order chi connectivity index (χ0) is 13.9. The fourth-order valence-corrected chi connectivity index (χ4v) is 3.68. The molecule has 1 aliphatic rings. The third-order valence-electron chi connectivity index (χ3n) is 3.63. The average Bonchev–Trinajstić information content (AvgIpc) is 2.89. The molecule has 0 saturated carbocycles. The van der Waals surface area contributed by atoms with Gasteiger partial charge in [0.1, 0.15) is 5.75 Å². The second-order valence-corrected chi connectivity index (χ2v) is 6.28. The molecule has 0 spiro atoms. The number of benzene rings is 2. The summed E-state index contributed by atoms with van der Waals surface area (Å²) in [6.07, 6.45) is 0. The van der Waals surface area contributed by atoms with E-state index < -0.39 is 0 Å². The van der Waals surface area contributed by atoms with Crippen LogP contribution < -0.4 is 10.5 Å². The van der Waals surface area contributed by atoms with Gasteiger partial charge >= 0.3 is 0 Å². The molecule has 1 unspecified atom stereocenters. The molecule has 3 heteroatoms. The second-order valence-electron chi connectivity index (χ2n) is 5.22. The van der Waals surface area contributed by atoms with Crippen LogP contribution in [0.1, 0.15) is 30.0 Å². The molecule has 104 valence electrons. The van der Waals surface area contributed by atoms with Crippen LogP contribution in [0.15, 0.2) is 53.4 Å².